The number of carbonyl (C=O) groups is 2. The van der Waals surface area contributed by atoms with Crippen LogP contribution in [0.1, 0.15) is 29.7 Å². The Morgan fingerprint density at radius 2 is 2.08 bits per heavy atom. The molecule has 4 rings (SSSR count). The molecular weight excluding hydrogens is 350 g/mol. The van der Waals surface area contributed by atoms with Gasteiger partial charge >= 0.3 is 0 Å². The van der Waals surface area contributed by atoms with Gasteiger partial charge in [-0.2, -0.15) is 5.26 Å². The Bertz CT molecular complexity index is 924. The van der Waals surface area contributed by atoms with Crippen molar-refractivity contribution in [2.75, 3.05) is 18.5 Å². The number of hydrogen-bond acceptors (Lipinski definition) is 6. The van der Waals surface area contributed by atoms with Crippen molar-refractivity contribution in [3.8, 4) is 6.07 Å². The Morgan fingerprint density at radius 3 is 2.81 bits per heavy atom. The fourth-order valence-corrected chi connectivity index (χ4v) is 4.70. The topological polar surface area (TPSA) is 82.4 Å². The molecule has 1 N–H and O–H groups in total. The molecule has 2 aliphatic rings. The fourth-order valence-electron chi connectivity index (χ4n) is 3.71. The number of imide groups is 1. The second-order valence-corrected chi connectivity index (χ2v) is 7.78. The smallest absolute Gasteiger partial charge is 0.252 e. The Morgan fingerprint density at radius 1 is 1.31 bits per heavy atom. The van der Waals surface area contributed by atoms with E-state index in [0.29, 0.717) is 30.9 Å². The van der Waals surface area contributed by atoms with E-state index in [4.69, 9.17) is 4.74 Å². The summed E-state index contributed by atoms with van der Waals surface area (Å²) < 4.78 is 6.37. The van der Waals surface area contributed by atoms with Gasteiger partial charge in [0.15, 0.2) is 0 Å². The highest BCUT2D eigenvalue weighted by Gasteiger charge is 2.42. The molecule has 0 radical (unpaired) electrons. The van der Waals surface area contributed by atoms with Gasteiger partial charge in [0.1, 0.15) is 17.0 Å². The predicted octanol–water partition coefficient (Wildman–Crippen LogP) is 2.80. The molecule has 2 saturated heterocycles. The summed E-state index contributed by atoms with van der Waals surface area (Å²) in [7, 11) is 0. The lowest BCUT2D eigenvalue weighted by Gasteiger charge is -2.29. The molecule has 134 valence electrons. The molecule has 6 nitrogen and oxygen atoms in total. The summed E-state index contributed by atoms with van der Waals surface area (Å²) in [6, 6.07) is 7.44. The number of anilines is 1. The molecule has 1 aromatic heterocycles. The highest BCUT2D eigenvalue weighted by molar-refractivity contribution is 7.19. The number of ether oxygens (including phenoxy) is 1. The van der Waals surface area contributed by atoms with Crippen LogP contribution in [-0.4, -0.2) is 42.0 Å². The first-order chi connectivity index (χ1) is 12.6. The Kier molecular flexibility index (Phi) is 4.39. The number of carbonyl (C=O) groups excluding carboxylic acids is 2. The number of rotatable bonds is 3. The fraction of sp³-hybridized carbons (Fsp3) is 0.421. The number of benzene rings is 1. The van der Waals surface area contributed by atoms with Crippen molar-refractivity contribution in [2.24, 2.45) is 0 Å². The molecule has 2 fully saturated rings. The SMILES string of the molecule is Cc1c(C#N)sc2ccc(NC3CC(=O)N(C4CCOCC4)C3=O)cc12. The zero-order chi connectivity index (χ0) is 18.3. The highest BCUT2D eigenvalue weighted by Crippen LogP contribution is 2.33. The minimum atomic E-state index is -0.530. The number of likely N-dealkylation sites (tertiary alicyclic amines) is 1. The van der Waals surface area contributed by atoms with Gasteiger partial charge in [0.25, 0.3) is 5.91 Å². The second-order valence-electron chi connectivity index (χ2n) is 6.73. The van der Waals surface area contributed by atoms with E-state index in [1.165, 1.54) is 16.2 Å². The van der Waals surface area contributed by atoms with Crippen molar-refractivity contribution in [2.45, 2.75) is 38.3 Å². The third-order valence-corrected chi connectivity index (χ3v) is 6.30. The van der Waals surface area contributed by atoms with Gasteiger partial charge < -0.3 is 10.1 Å². The van der Waals surface area contributed by atoms with Crippen molar-refractivity contribution in [3.63, 3.8) is 0 Å². The quantitative estimate of drug-likeness (QED) is 0.841. The monoisotopic (exact) mass is 369 g/mol. The van der Waals surface area contributed by atoms with Crippen LogP contribution in [0, 0.1) is 18.3 Å². The van der Waals surface area contributed by atoms with E-state index < -0.39 is 6.04 Å². The van der Waals surface area contributed by atoms with Gasteiger partial charge in [-0.1, -0.05) is 0 Å². The van der Waals surface area contributed by atoms with Crippen LogP contribution in [0.5, 0.6) is 0 Å². The van der Waals surface area contributed by atoms with Gasteiger partial charge in [0, 0.05) is 29.6 Å². The summed E-state index contributed by atoms with van der Waals surface area (Å²) in [5.41, 5.74) is 1.75. The van der Waals surface area contributed by atoms with Crippen LogP contribution >= 0.6 is 11.3 Å². The zero-order valence-electron chi connectivity index (χ0n) is 14.4. The summed E-state index contributed by atoms with van der Waals surface area (Å²) in [6.45, 7) is 3.11. The van der Waals surface area contributed by atoms with Gasteiger partial charge in [-0.3, -0.25) is 14.5 Å². The first kappa shape index (κ1) is 17.0. The van der Waals surface area contributed by atoms with E-state index in [1.54, 1.807) is 0 Å². The lowest BCUT2D eigenvalue weighted by molar-refractivity contribution is -0.143. The molecule has 2 aliphatic heterocycles. The first-order valence-corrected chi connectivity index (χ1v) is 9.53. The summed E-state index contributed by atoms with van der Waals surface area (Å²) in [5.74, 6) is -0.263. The lowest BCUT2D eigenvalue weighted by atomic mass is 10.1. The van der Waals surface area contributed by atoms with E-state index in [9.17, 15) is 14.9 Å². The zero-order valence-corrected chi connectivity index (χ0v) is 15.3. The standard InChI is InChI=1S/C19H19N3O3S/c1-11-14-8-12(2-3-16(14)26-17(11)10-20)21-15-9-18(23)22(19(15)24)13-4-6-25-7-5-13/h2-3,8,13,15,21H,4-7,9H2,1H3. The first-order valence-electron chi connectivity index (χ1n) is 8.72. The van der Waals surface area contributed by atoms with Crippen LogP contribution in [0.15, 0.2) is 18.2 Å². The molecule has 1 aromatic carbocycles. The molecule has 1 unspecified atom stereocenters. The molecule has 1 atom stereocenters. The van der Waals surface area contributed by atoms with Gasteiger partial charge in [0.05, 0.1) is 6.42 Å². The highest BCUT2D eigenvalue weighted by atomic mass is 32.1. The van der Waals surface area contributed by atoms with Crippen molar-refractivity contribution in [1.82, 2.24) is 4.90 Å². The Balaban J connectivity index is 1.55. The summed E-state index contributed by atoms with van der Waals surface area (Å²) in [5, 5.41) is 13.4. The van der Waals surface area contributed by atoms with Crippen LogP contribution < -0.4 is 5.32 Å². The summed E-state index contributed by atoms with van der Waals surface area (Å²) in [4.78, 5) is 27.3. The van der Waals surface area contributed by atoms with Crippen LogP contribution in [0.25, 0.3) is 10.1 Å². The van der Waals surface area contributed by atoms with Gasteiger partial charge in [0.2, 0.25) is 5.91 Å². The molecule has 2 aromatic rings. The number of amides is 2. The molecule has 3 heterocycles. The van der Waals surface area contributed by atoms with E-state index in [1.807, 2.05) is 25.1 Å². The Labute approximate surface area is 155 Å². The van der Waals surface area contributed by atoms with Crippen LogP contribution in [0.3, 0.4) is 0 Å². The third kappa shape index (κ3) is 2.85. The molecule has 0 bridgehead atoms. The molecule has 2 amide bonds. The minimum absolute atomic E-state index is 0.0460. The number of aryl methyl sites for hydroxylation is 1. The molecular formula is C19H19N3O3S. The number of nitrogens with one attached hydrogen (secondary N) is 1. The number of thiophene rings is 1. The second kappa shape index (κ2) is 6.71. The minimum Gasteiger partial charge on any atom is -0.381 e. The van der Waals surface area contributed by atoms with E-state index in [2.05, 4.69) is 11.4 Å². The average molecular weight is 369 g/mol. The Hall–Kier alpha value is -2.43. The number of nitrogens with zero attached hydrogens (tertiary/aromatic N) is 2. The van der Waals surface area contributed by atoms with Crippen LogP contribution in [0.4, 0.5) is 5.69 Å². The van der Waals surface area contributed by atoms with E-state index in [0.717, 1.165) is 21.3 Å². The maximum absolute atomic E-state index is 12.8. The predicted molar refractivity (Wildman–Crippen MR) is 99.0 cm³/mol. The van der Waals surface area contributed by atoms with Crippen molar-refractivity contribution >= 4 is 38.9 Å². The lowest BCUT2D eigenvalue weighted by Crippen LogP contribution is -2.44. The van der Waals surface area contributed by atoms with Gasteiger partial charge in [-0.15, -0.1) is 11.3 Å². The van der Waals surface area contributed by atoms with Gasteiger partial charge in [-0.05, 0) is 48.9 Å². The number of fused-ring (bicyclic) bond motifs is 1. The number of nitriles is 1. The van der Waals surface area contributed by atoms with Gasteiger partial charge in [-0.25, -0.2) is 0 Å². The summed E-state index contributed by atoms with van der Waals surface area (Å²) in [6.07, 6.45) is 1.60. The van der Waals surface area contributed by atoms with Crippen LogP contribution in [0.2, 0.25) is 0 Å². The van der Waals surface area contributed by atoms with Crippen molar-refractivity contribution in [1.29, 1.82) is 5.26 Å². The van der Waals surface area contributed by atoms with Crippen molar-refractivity contribution in [3.05, 3.63) is 28.6 Å². The molecule has 0 saturated carbocycles. The number of hydrogen-bond donors (Lipinski definition) is 1. The van der Waals surface area contributed by atoms with E-state index >= 15 is 0 Å². The summed E-state index contributed by atoms with van der Waals surface area (Å²) >= 11 is 1.47. The van der Waals surface area contributed by atoms with Crippen LogP contribution in [-0.2, 0) is 14.3 Å². The average Bonchev–Trinajstić information content (AvgIpc) is 3.12. The molecule has 7 heteroatoms. The van der Waals surface area contributed by atoms with E-state index in [-0.39, 0.29) is 24.3 Å². The maximum Gasteiger partial charge on any atom is 0.252 e. The third-order valence-electron chi connectivity index (χ3n) is 5.12. The molecule has 0 spiro atoms. The molecule has 0 aliphatic carbocycles. The van der Waals surface area contributed by atoms with Crippen molar-refractivity contribution < 1.29 is 14.3 Å². The molecule has 26 heavy (non-hydrogen) atoms. The maximum atomic E-state index is 12.8. The largest absolute Gasteiger partial charge is 0.381 e. The normalized spacial score (nSPS) is 21.4.